The standard InChI is InChI=1S/C22H20N4O4/c1-3-29-22(28)17-12-16-19(25-26(2)21(27)20(16)24-17)15-11-13(23)9-10-18(15)30-14-7-5-4-6-8-14/h4-12,24H,3,23H2,1-2H3. The maximum absolute atomic E-state index is 12.6. The van der Waals surface area contributed by atoms with Gasteiger partial charge in [-0.2, -0.15) is 5.10 Å². The van der Waals surface area contributed by atoms with Crippen molar-refractivity contribution in [1.82, 2.24) is 14.8 Å². The molecule has 3 N–H and O–H groups in total. The minimum absolute atomic E-state index is 0.174. The van der Waals surface area contributed by atoms with Crippen LogP contribution in [0.4, 0.5) is 5.69 Å². The molecule has 0 saturated heterocycles. The van der Waals surface area contributed by atoms with E-state index in [1.165, 1.54) is 4.68 Å². The monoisotopic (exact) mass is 404 g/mol. The number of aromatic amines is 1. The van der Waals surface area contributed by atoms with Crippen molar-refractivity contribution < 1.29 is 14.3 Å². The Morgan fingerprint density at radius 1 is 1.17 bits per heavy atom. The third kappa shape index (κ3) is 3.50. The Hall–Kier alpha value is -4.07. The highest BCUT2D eigenvalue weighted by Gasteiger charge is 2.20. The van der Waals surface area contributed by atoms with Crippen molar-refractivity contribution in [3.05, 3.63) is 70.6 Å². The van der Waals surface area contributed by atoms with Crippen LogP contribution in [0.3, 0.4) is 0 Å². The van der Waals surface area contributed by atoms with Crippen LogP contribution in [-0.4, -0.2) is 27.3 Å². The number of benzene rings is 2. The van der Waals surface area contributed by atoms with E-state index in [0.717, 1.165) is 0 Å². The summed E-state index contributed by atoms with van der Waals surface area (Å²) in [5.41, 5.74) is 7.65. The predicted octanol–water partition coefficient (Wildman–Crippen LogP) is 3.48. The van der Waals surface area contributed by atoms with Gasteiger partial charge in [-0.3, -0.25) is 4.79 Å². The minimum atomic E-state index is -0.546. The molecule has 0 spiro atoms. The molecular weight excluding hydrogens is 384 g/mol. The molecule has 152 valence electrons. The minimum Gasteiger partial charge on any atom is -0.461 e. The predicted molar refractivity (Wildman–Crippen MR) is 114 cm³/mol. The third-order valence-corrected chi connectivity index (χ3v) is 4.56. The fourth-order valence-corrected chi connectivity index (χ4v) is 3.18. The molecule has 8 heteroatoms. The molecule has 0 atom stereocenters. The Labute approximate surface area is 171 Å². The quantitative estimate of drug-likeness (QED) is 0.389. The van der Waals surface area contributed by atoms with Crippen LogP contribution in [0.2, 0.25) is 0 Å². The van der Waals surface area contributed by atoms with Gasteiger partial charge < -0.3 is 20.2 Å². The number of carbonyl (C=O) groups excluding carboxylic acids is 1. The number of nitrogens with two attached hydrogens (primary N) is 1. The zero-order valence-electron chi connectivity index (χ0n) is 16.5. The number of nitrogen functional groups attached to an aromatic ring is 1. The Bertz CT molecular complexity index is 1290. The lowest BCUT2D eigenvalue weighted by Crippen LogP contribution is -2.20. The second-order valence-corrected chi connectivity index (χ2v) is 6.64. The van der Waals surface area contributed by atoms with Crippen LogP contribution < -0.4 is 16.0 Å². The van der Waals surface area contributed by atoms with Crippen LogP contribution in [0.5, 0.6) is 11.5 Å². The van der Waals surface area contributed by atoms with E-state index in [2.05, 4.69) is 10.1 Å². The Balaban J connectivity index is 1.93. The topological polar surface area (TPSA) is 112 Å². The highest BCUT2D eigenvalue weighted by atomic mass is 16.5. The molecule has 0 saturated carbocycles. The molecular formula is C22H20N4O4. The van der Waals surface area contributed by atoms with E-state index >= 15 is 0 Å². The lowest BCUT2D eigenvalue weighted by molar-refractivity contribution is 0.0520. The summed E-state index contributed by atoms with van der Waals surface area (Å²) in [4.78, 5) is 27.7. The van der Waals surface area contributed by atoms with Crippen molar-refractivity contribution in [2.45, 2.75) is 6.92 Å². The van der Waals surface area contributed by atoms with E-state index in [1.54, 1.807) is 38.2 Å². The van der Waals surface area contributed by atoms with E-state index in [9.17, 15) is 9.59 Å². The molecule has 0 aliphatic heterocycles. The van der Waals surface area contributed by atoms with E-state index in [-0.39, 0.29) is 23.4 Å². The SMILES string of the molecule is CCOC(=O)c1cc2c(-c3cc(N)ccc3Oc3ccccc3)nn(C)c(=O)c2[nH]1. The fourth-order valence-electron chi connectivity index (χ4n) is 3.18. The number of nitrogens with one attached hydrogen (secondary N) is 1. The number of rotatable bonds is 5. The molecule has 0 radical (unpaired) electrons. The van der Waals surface area contributed by atoms with Crippen molar-refractivity contribution in [1.29, 1.82) is 0 Å². The Kier molecular flexibility index (Phi) is 4.97. The number of ether oxygens (including phenoxy) is 2. The molecule has 4 rings (SSSR count). The second kappa shape index (κ2) is 7.75. The normalized spacial score (nSPS) is 10.9. The molecule has 0 aliphatic rings. The largest absolute Gasteiger partial charge is 0.461 e. The van der Waals surface area contributed by atoms with Crippen molar-refractivity contribution in [3.8, 4) is 22.8 Å². The number of fused-ring (bicyclic) bond motifs is 1. The lowest BCUT2D eigenvalue weighted by Gasteiger charge is -2.13. The molecule has 30 heavy (non-hydrogen) atoms. The smallest absolute Gasteiger partial charge is 0.354 e. The van der Waals surface area contributed by atoms with Crippen molar-refractivity contribution >= 4 is 22.6 Å². The fraction of sp³-hybridized carbons (Fsp3) is 0.136. The van der Waals surface area contributed by atoms with Gasteiger partial charge in [0.2, 0.25) is 0 Å². The average molecular weight is 404 g/mol. The van der Waals surface area contributed by atoms with E-state index in [4.69, 9.17) is 15.2 Å². The summed E-state index contributed by atoms with van der Waals surface area (Å²) < 4.78 is 12.3. The highest BCUT2D eigenvalue weighted by Crippen LogP contribution is 2.36. The van der Waals surface area contributed by atoms with Crippen LogP contribution >= 0.6 is 0 Å². The van der Waals surface area contributed by atoms with Crippen LogP contribution in [0.1, 0.15) is 17.4 Å². The van der Waals surface area contributed by atoms with Gasteiger partial charge in [0.1, 0.15) is 28.4 Å². The van der Waals surface area contributed by atoms with Gasteiger partial charge in [0.15, 0.2) is 0 Å². The Morgan fingerprint density at radius 3 is 2.67 bits per heavy atom. The number of para-hydroxylation sites is 1. The summed E-state index contributed by atoms with van der Waals surface area (Å²) in [5, 5.41) is 4.91. The van der Waals surface area contributed by atoms with Crippen LogP contribution in [0.25, 0.3) is 22.2 Å². The van der Waals surface area contributed by atoms with Gasteiger partial charge >= 0.3 is 5.97 Å². The van der Waals surface area contributed by atoms with Crippen LogP contribution in [-0.2, 0) is 11.8 Å². The third-order valence-electron chi connectivity index (χ3n) is 4.56. The van der Waals surface area contributed by atoms with Gasteiger partial charge in [0, 0.05) is 23.7 Å². The van der Waals surface area contributed by atoms with Gasteiger partial charge in [0.05, 0.1) is 6.61 Å². The zero-order chi connectivity index (χ0) is 21.3. The summed E-state index contributed by atoms with van der Waals surface area (Å²) >= 11 is 0. The van der Waals surface area contributed by atoms with Gasteiger partial charge in [-0.25, -0.2) is 9.48 Å². The summed E-state index contributed by atoms with van der Waals surface area (Å²) in [6, 6.07) is 16.1. The average Bonchev–Trinajstić information content (AvgIpc) is 3.19. The van der Waals surface area contributed by atoms with E-state index in [1.807, 2.05) is 30.3 Å². The molecule has 0 aliphatic carbocycles. The number of carbonyl (C=O) groups is 1. The molecule has 0 unspecified atom stereocenters. The van der Waals surface area contributed by atoms with Crippen LogP contribution in [0.15, 0.2) is 59.4 Å². The van der Waals surface area contributed by atoms with E-state index in [0.29, 0.717) is 33.8 Å². The van der Waals surface area contributed by atoms with E-state index < -0.39 is 5.97 Å². The summed E-state index contributed by atoms with van der Waals surface area (Å²) in [6.45, 7) is 1.94. The first-order chi connectivity index (χ1) is 14.5. The van der Waals surface area contributed by atoms with Crippen molar-refractivity contribution in [2.24, 2.45) is 7.05 Å². The number of aryl methyl sites for hydroxylation is 1. The molecule has 2 aromatic heterocycles. The molecule has 2 aromatic carbocycles. The lowest BCUT2D eigenvalue weighted by atomic mass is 10.1. The van der Waals surface area contributed by atoms with Crippen LogP contribution in [0, 0.1) is 0 Å². The number of nitrogens with zero attached hydrogens (tertiary/aromatic N) is 2. The second-order valence-electron chi connectivity index (χ2n) is 6.64. The van der Waals surface area contributed by atoms with Crippen molar-refractivity contribution in [2.75, 3.05) is 12.3 Å². The first kappa shape index (κ1) is 19.3. The number of esters is 1. The zero-order valence-corrected chi connectivity index (χ0v) is 16.5. The number of H-pyrrole nitrogens is 1. The van der Waals surface area contributed by atoms with Gasteiger partial charge in [0.25, 0.3) is 5.56 Å². The molecule has 0 bridgehead atoms. The number of aromatic nitrogens is 3. The summed E-state index contributed by atoms with van der Waals surface area (Å²) in [6.07, 6.45) is 0. The number of hydrogen-bond acceptors (Lipinski definition) is 6. The van der Waals surface area contributed by atoms with Gasteiger partial charge in [-0.15, -0.1) is 0 Å². The summed E-state index contributed by atoms with van der Waals surface area (Å²) in [7, 11) is 1.54. The van der Waals surface area contributed by atoms with Gasteiger partial charge in [-0.1, -0.05) is 18.2 Å². The Morgan fingerprint density at radius 2 is 1.93 bits per heavy atom. The first-order valence-corrected chi connectivity index (χ1v) is 9.38. The molecule has 8 nitrogen and oxygen atoms in total. The maximum Gasteiger partial charge on any atom is 0.354 e. The molecule has 0 amide bonds. The maximum atomic E-state index is 12.6. The van der Waals surface area contributed by atoms with Crippen molar-refractivity contribution in [3.63, 3.8) is 0 Å². The van der Waals surface area contributed by atoms with Gasteiger partial charge in [-0.05, 0) is 43.3 Å². The summed E-state index contributed by atoms with van der Waals surface area (Å²) in [5.74, 6) is 0.614. The number of anilines is 1. The molecule has 0 fully saturated rings. The first-order valence-electron chi connectivity index (χ1n) is 9.38. The molecule has 2 heterocycles. The highest BCUT2D eigenvalue weighted by molar-refractivity contribution is 6.00. The number of hydrogen-bond donors (Lipinski definition) is 2. The molecule has 4 aromatic rings.